The fraction of sp³-hybridized carbons (Fsp3) is 0.312. The number of aromatic nitrogens is 4. The molecule has 6 heteroatoms. The Hall–Kier alpha value is -2.47. The Morgan fingerprint density at radius 2 is 2.23 bits per heavy atom. The Balaban J connectivity index is 1.60. The van der Waals surface area contributed by atoms with Crippen molar-refractivity contribution in [2.75, 3.05) is 24.6 Å². The summed E-state index contributed by atoms with van der Waals surface area (Å²) in [7, 11) is 0. The molecule has 1 fully saturated rings. The third-order valence-corrected chi connectivity index (χ3v) is 3.94. The van der Waals surface area contributed by atoms with Crippen molar-refractivity contribution in [2.45, 2.75) is 13.0 Å². The maximum atomic E-state index is 5.93. The van der Waals surface area contributed by atoms with Gasteiger partial charge in [-0.2, -0.15) is 0 Å². The number of aryl methyl sites for hydroxylation is 1. The molecule has 0 spiro atoms. The predicted molar refractivity (Wildman–Crippen MR) is 83.8 cm³/mol. The van der Waals surface area contributed by atoms with Gasteiger partial charge in [0.2, 0.25) is 0 Å². The van der Waals surface area contributed by atoms with Crippen molar-refractivity contribution in [3.05, 3.63) is 48.2 Å². The molecule has 6 nitrogen and oxygen atoms in total. The van der Waals surface area contributed by atoms with Gasteiger partial charge in [0.25, 0.3) is 0 Å². The van der Waals surface area contributed by atoms with E-state index < -0.39 is 0 Å². The van der Waals surface area contributed by atoms with Gasteiger partial charge in [-0.15, -0.1) is 0 Å². The van der Waals surface area contributed by atoms with Crippen LogP contribution in [0.3, 0.4) is 0 Å². The second-order valence-electron chi connectivity index (χ2n) is 5.49. The molecule has 112 valence electrons. The standard InChI is InChI=1S/C16H17N5O/c1-11-7-15(19-10-18-11)21-5-6-22-14(9-21)13-8-12-3-2-4-17-16(12)20-13/h2-4,7-8,10,14H,5-6,9H2,1H3,(H,17,20)/t14-/m0/s1. The van der Waals surface area contributed by atoms with Gasteiger partial charge in [0.1, 0.15) is 23.9 Å². The van der Waals surface area contributed by atoms with Crippen molar-refractivity contribution in [3.63, 3.8) is 0 Å². The summed E-state index contributed by atoms with van der Waals surface area (Å²) in [5, 5.41) is 1.11. The molecule has 1 saturated heterocycles. The van der Waals surface area contributed by atoms with E-state index in [1.807, 2.05) is 19.1 Å². The molecule has 4 heterocycles. The Morgan fingerprint density at radius 1 is 1.27 bits per heavy atom. The second kappa shape index (κ2) is 5.38. The molecule has 0 amide bonds. The highest BCUT2D eigenvalue weighted by Crippen LogP contribution is 2.26. The number of ether oxygens (including phenoxy) is 1. The van der Waals surface area contributed by atoms with Crippen molar-refractivity contribution in [2.24, 2.45) is 0 Å². The Bertz CT molecular complexity index is 767. The van der Waals surface area contributed by atoms with E-state index in [4.69, 9.17) is 4.74 Å². The monoisotopic (exact) mass is 295 g/mol. The van der Waals surface area contributed by atoms with Crippen LogP contribution >= 0.6 is 0 Å². The molecule has 0 unspecified atom stereocenters. The molecule has 0 bridgehead atoms. The van der Waals surface area contributed by atoms with E-state index in [-0.39, 0.29) is 6.10 Å². The van der Waals surface area contributed by atoms with E-state index in [2.05, 4.69) is 37.0 Å². The van der Waals surface area contributed by atoms with Crippen molar-refractivity contribution >= 4 is 16.9 Å². The van der Waals surface area contributed by atoms with Gasteiger partial charge in [-0.3, -0.25) is 0 Å². The number of hydrogen-bond acceptors (Lipinski definition) is 5. The molecular weight excluding hydrogens is 278 g/mol. The number of aromatic amines is 1. The summed E-state index contributed by atoms with van der Waals surface area (Å²) in [6, 6.07) is 8.12. The quantitative estimate of drug-likeness (QED) is 0.785. The largest absolute Gasteiger partial charge is 0.368 e. The topological polar surface area (TPSA) is 66.9 Å². The highest BCUT2D eigenvalue weighted by atomic mass is 16.5. The second-order valence-corrected chi connectivity index (χ2v) is 5.49. The average Bonchev–Trinajstić information content (AvgIpc) is 2.99. The van der Waals surface area contributed by atoms with Gasteiger partial charge in [0.15, 0.2) is 0 Å². The maximum Gasteiger partial charge on any atom is 0.137 e. The van der Waals surface area contributed by atoms with Gasteiger partial charge in [-0.25, -0.2) is 15.0 Å². The molecule has 0 aliphatic carbocycles. The molecule has 1 aliphatic heterocycles. The van der Waals surface area contributed by atoms with Crippen LogP contribution in [-0.2, 0) is 4.74 Å². The summed E-state index contributed by atoms with van der Waals surface area (Å²) in [5.41, 5.74) is 2.93. The van der Waals surface area contributed by atoms with Crippen molar-refractivity contribution in [3.8, 4) is 0 Å². The normalized spacial score (nSPS) is 18.8. The molecular formula is C16H17N5O. The number of nitrogens with one attached hydrogen (secondary N) is 1. The van der Waals surface area contributed by atoms with Gasteiger partial charge in [-0.1, -0.05) is 0 Å². The molecule has 3 aromatic rings. The summed E-state index contributed by atoms with van der Waals surface area (Å²) < 4.78 is 5.93. The van der Waals surface area contributed by atoms with Crippen LogP contribution in [0.25, 0.3) is 11.0 Å². The number of H-pyrrole nitrogens is 1. The average molecular weight is 295 g/mol. The first-order valence-corrected chi connectivity index (χ1v) is 7.38. The summed E-state index contributed by atoms with van der Waals surface area (Å²) in [4.78, 5) is 18.5. The lowest BCUT2D eigenvalue weighted by Gasteiger charge is -2.33. The first-order valence-electron chi connectivity index (χ1n) is 7.38. The zero-order valence-electron chi connectivity index (χ0n) is 12.4. The minimum atomic E-state index is -0.00165. The number of fused-ring (bicyclic) bond motifs is 1. The zero-order valence-corrected chi connectivity index (χ0v) is 12.4. The van der Waals surface area contributed by atoms with Gasteiger partial charge in [-0.05, 0) is 25.1 Å². The maximum absolute atomic E-state index is 5.93. The number of morpholine rings is 1. The van der Waals surface area contributed by atoms with Crippen LogP contribution in [0.1, 0.15) is 17.5 Å². The van der Waals surface area contributed by atoms with Gasteiger partial charge < -0.3 is 14.6 Å². The van der Waals surface area contributed by atoms with Crippen LogP contribution in [-0.4, -0.2) is 39.6 Å². The molecule has 1 aliphatic rings. The number of nitrogens with zero attached hydrogens (tertiary/aromatic N) is 4. The van der Waals surface area contributed by atoms with Crippen molar-refractivity contribution < 1.29 is 4.74 Å². The summed E-state index contributed by atoms with van der Waals surface area (Å²) in [5.74, 6) is 0.954. The highest BCUT2D eigenvalue weighted by Gasteiger charge is 2.24. The third kappa shape index (κ3) is 2.42. The molecule has 0 radical (unpaired) electrons. The van der Waals surface area contributed by atoms with E-state index >= 15 is 0 Å². The first-order chi connectivity index (χ1) is 10.8. The van der Waals surface area contributed by atoms with E-state index in [9.17, 15) is 0 Å². The first kappa shape index (κ1) is 13.2. The molecule has 22 heavy (non-hydrogen) atoms. The zero-order chi connectivity index (χ0) is 14.9. The van der Waals surface area contributed by atoms with Gasteiger partial charge >= 0.3 is 0 Å². The van der Waals surface area contributed by atoms with Crippen LogP contribution in [0.4, 0.5) is 5.82 Å². The van der Waals surface area contributed by atoms with Crippen LogP contribution in [0.5, 0.6) is 0 Å². The fourth-order valence-corrected chi connectivity index (χ4v) is 2.81. The summed E-state index contributed by atoms with van der Waals surface area (Å²) in [6.07, 6.45) is 3.40. The predicted octanol–water partition coefficient (Wildman–Crippen LogP) is 2.24. The number of hydrogen-bond donors (Lipinski definition) is 1. The lowest BCUT2D eigenvalue weighted by atomic mass is 10.2. The number of anilines is 1. The fourth-order valence-electron chi connectivity index (χ4n) is 2.81. The lowest BCUT2D eigenvalue weighted by Crippen LogP contribution is -2.39. The minimum Gasteiger partial charge on any atom is -0.368 e. The van der Waals surface area contributed by atoms with E-state index in [1.165, 1.54) is 0 Å². The molecule has 1 atom stereocenters. The Labute approximate surface area is 128 Å². The van der Waals surface area contributed by atoms with Crippen LogP contribution < -0.4 is 4.90 Å². The van der Waals surface area contributed by atoms with E-state index in [1.54, 1.807) is 12.5 Å². The Morgan fingerprint density at radius 3 is 3.09 bits per heavy atom. The minimum absolute atomic E-state index is 0.00165. The molecule has 0 aromatic carbocycles. The highest BCUT2D eigenvalue weighted by molar-refractivity contribution is 5.76. The SMILES string of the molecule is Cc1cc(N2CCO[C@H](c3cc4cccnc4[nH]3)C2)ncn1. The van der Waals surface area contributed by atoms with Crippen LogP contribution in [0, 0.1) is 6.92 Å². The summed E-state index contributed by atoms with van der Waals surface area (Å²) in [6.45, 7) is 4.26. The van der Waals surface area contributed by atoms with Crippen LogP contribution in [0.15, 0.2) is 36.8 Å². The van der Waals surface area contributed by atoms with E-state index in [0.29, 0.717) is 6.61 Å². The molecule has 1 N–H and O–H groups in total. The third-order valence-electron chi connectivity index (χ3n) is 3.94. The number of pyridine rings is 1. The van der Waals surface area contributed by atoms with Crippen molar-refractivity contribution in [1.29, 1.82) is 0 Å². The number of rotatable bonds is 2. The Kier molecular flexibility index (Phi) is 3.23. The molecule has 0 saturated carbocycles. The van der Waals surface area contributed by atoms with E-state index in [0.717, 1.165) is 41.3 Å². The van der Waals surface area contributed by atoms with Gasteiger partial charge in [0, 0.05) is 35.6 Å². The lowest BCUT2D eigenvalue weighted by molar-refractivity contribution is 0.0372. The molecule has 4 rings (SSSR count). The van der Waals surface area contributed by atoms with Crippen LogP contribution in [0.2, 0.25) is 0 Å². The van der Waals surface area contributed by atoms with Gasteiger partial charge in [0.05, 0.1) is 13.2 Å². The summed E-state index contributed by atoms with van der Waals surface area (Å²) >= 11 is 0. The van der Waals surface area contributed by atoms with Crippen molar-refractivity contribution in [1.82, 2.24) is 19.9 Å². The smallest absolute Gasteiger partial charge is 0.137 e. The molecule has 3 aromatic heterocycles.